The minimum Gasteiger partial charge on any atom is -0.378 e. The molecular weight excluding hydrogens is 275 g/mol. The average molecular weight is 287 g/mol. The number of anilines is 1. The number of nitriles is 1. The van der Waals surface area contributed by atoms with Gasteiger partial charge in [0.05, 0.1) is 16.6 Å². The van der Waals surface area contributed by atoms with Crippen molar-refractivity contribution in [3.8, 4) is 6.07 Å². The van der Waals surface area contributed by atoms with E-state index in [9.17, 15) is 4.39 Å². The first-order valence-corrected chi connectivity index (χ1v) is 6.79. The van der Waals surface area contributed by atoms with Crippen molar-refractivity contribution in [1.29, 1.82) is 5.26 Å². The van der Waals surface area contributed by atoms with Gasteiger partial charge in [-0.1, -0.05) is 17.7 Å². The number of aryl methyl sites for hydroxylation is 1. The van der Waals surface area contributed by atoms with E-state index in [2.05, 4.69) is 11.4 Å². The van der Waals surface area contributed by atoms with Gasteiger partial charge in [0.25, 0.3) is 0 Å². The predicted octanol–water partition coefficient (Wildman–Crippen LogP) is 4.45. The Balaban J connectivity index is 1.86. The van der Waals surface area contributed by atoms with Gasteiger partial charge in [0.1, 0.15) is 11.9 Å². The predicted molar refractivity (Wildman–Crippen MR) is 77.3 cm³/mol. The Morgan fingerprint density at radius 2 is 2.10 bits per heavy atom. The zero-order valence-electron chi connectivity index (χ0n) is 10.7. The fourth-order valence-corrected chi connectivity index (χ4v) is 2.80. The topological polar surface area (TPSA) is 35.8 Å². The van der Waals surface area contributed by atoms with Crippen LogP contribution in [0.25, 0.3) is 0 Å². The highest BCUT2D eigenvalue weighted by atomic mass is 35.5. The number of hydrogen-bond donors (Lipinski definition) is 1. The molecule has 100 valence electrons. The van der Waals surface area contributed by atoms with Crippen LogP contribution in [0.15, 0.2) is 36.4 Å². The Morgan fingerprint density at radius 3 is 2.90 bits per heavy atom. The van der Waals surface area contributed by atoms with Crippen molar-refractivity contribution in [3.05, 3.63) is 63.9 Å². The minimum absolute atomic E-state index is 0.151. The molecule has 1 unspecified atom stereocenters. The summed E-state index contributed by atoms with van der Waals surface area (Å²) < 4.78 is 13.2. The zero-order chi connectivity index (χ0) is 14.1. The van der Waals surface area contributed by atoms with Crippen LogP contribution in [0.1, 0.15) is 29.2 Å². The Hall–Kier alpha value is -2.05. The Kier molecular flexibility index (Phi) is 3.33. The summed E-state index contributed by atoms with van der Waals surface area (Å²) in [5.41, 5.74) is 3.49. The lowest BCUT2D eigenvalue weighted by Gasteiger charge is -2.16. The zero-order valence-corrected chi connectivity index (χ0v) is 11.4. The fraction of sp³-hybridized carbons (Fsp3) is 0.188. The molecule has 1 aliphatic rings. The molecule has 0 fully saturated rings. The van der Waals surface area contributed by atoms with Crippen molar-refractivity contribution in [2.75, 3.05) is 5.32 Å². The smallest absolute Gasteiger partial charge is 0.123 e. The molecule has 1 atom stereocenters. The van der Waals surface area contributed by atoms with Gasteiger partial charge in [0.2, 0.25) is 0 Å². The van der Waals surface area contributed by atoms with Crippen LogP contribution in [0, 0.1) is 17.1 Å². The van der Waals surface area contributed by atoms with Gasteiger partial charge in [-0.25, -0.2) is 4.39 Å². The van der Waals surface area contributed by atoms with Gasteiger partial charge < -0.3 is 5.32 Å². The van der Waals surface area contributed by atoms with Gasteiger partial charge in [-0.05, 0) is 54.3 Å². The Morgan fingerprint density at radius 1 is 1.25 bits per heavy atom. The van der Waals surface area contributed by atoms with Crippen LogP contribution in [-0.4, -0.2) is 0 Å². The number of benzene rings is 2. The minimum atomic E-state index is -0.192. The summed E-state index contributed by atoms with van der Waals surface area (Å²) in [7, 11) is 0. The van der Waals surface area contributed by atoms with Crippen molar-refractivity contribution < 1.29 is 4.39 Å². The number of hydrogen-bond acceptors (Lipinski definition) is 2. The van der Waals surface area contributed by atoms with Crippen molar-refractivity contribution in [2.24, 2.45) is 0 Å². The van der Waals surface area contributed by atoms with E-state index in [4.69, 9.17) is 16.9 Å². The maximum Gasteiger partial charge on any atom is 0.123 e. The van der Waals surface area contributed by atoms with Crippen LogP contribution < -0.4 is 5.32 Å². The molecule has 1 N–H and O–H groups in total. The van der Waals surface area contributed by atoms with Gasteiger partial charge in [0, 0.05) is 5.69 Å². The van der Waals surface area contributed by atoms with Crippen molar-refractivity contribution in [3.63, 3.8) is 0 Å². The number of nitrogens with one attached hydrogen (secondary N) is 1. The molecule has 20 heavy (non-hydrogen) atoms. The summed E-state index contributed by atoms with van der Waals surface area (Å²) in [5, 5.41) is 12.8. The van der Waals surface area contributed by atoms with Crippen molar-refractivity contribution >= 4 is 17.3 Å². The normalized spacial score (nSPS) is 16.6. The van der Waals surface area contributed by atoms with Gasteiger partial charge in [-0.2, -0.15) is 5.26 Å². The van der Waals surface area contributed by atoms with E-state index in [0.29, 0.717) is 10.6 Å². The van der Waals surface area contributed by atoms with Crippen LogP contribution in [0.5, 0.6) is 0 Å². The van der Waals surface area contributed by atoms with Crippen LogP contribution in [0.2, 0.25) is 5.02 Å². The summed E-state index contributed by atoms with van der Waals surface area (Å²) in [6, 6.07) is 12.4. The van der Waals surface area contributed by atoms with Crippen LogP contribution in [0.4, 0.5) is 10.1 Å². The van der Waals surface area contributed by atoms with Gasteiger partial charge in [0.15, 0.2) is 0 Å². The lowest BCUT2D eigenvalue weighted by Crippen LogP contribution is -2.07. The summed E-state index contributed by atoms with van der Waals surface area (Å²) in [5.74, 6) is -0.192. The number of nitrogens with zero attached hydrogens (tertiary/aromatic N) is 1. The molecule has 2 aromatic carbocycles. The van der Waals surface area contributed by atoms with E-state index in [1.54, 1.807) is 18.2 Å². The number of fused-ring (bicyclic) bond motifs is 1. The molecule has 0 saturated carbocycles. The summed E-state index contributed by atoms with van der Waals surface area (Å²) in [6.45, 7) is 0. The highest BCUT2D eigenvalue weighted by molar-refractivity contribution is 6.31. The SMILES string of the molecule is N#Cc1cc(NC2CCc3cc(F)ccc32)ccc1Cl. The molecule has 0 bridgehead atoms. The van der Waals surface area contributed by atoms with Crippen molar-refractivity contribution in [2.45, 2.75) is 18.9 Å². The summed E-state index contributed by atoms with van der Waals surface area (Å²) in [4.78, 5) is 0. The first kappa shape index (κ1) is 13.0. The second-order valence-electron chi connectivity index (χ2n) is 4.89. The average Bonchev–Trinajstić information content (AvgIpc) is 2.83. The molecule has 2 nitrogen and oxygen atoms in total. The standard InChI is InChI=1S/C16H12ClFN2/c17-15-5-3-13(8-11(15)9-19)20-16-6-1-10-7-12(18)2-4-14(10)16/h2-5,7-8,16,20H,1,6H2. The molecule has 0 radical (unpaired) electrons. The Bertz CT molecular complexity index is 706. The van der Waals surface area contributed by atoms with Crippen molar-refractivity contribution in [1.82, 2.24) is 0 Å². The fourth-order valence-electron chi connectivity index (χ4n) is 2.64. The third-order valence-corrected chi connectivity index (χ3v) is 3.94. The van der Waals surface area contributed by atoms with E-state index in [1.165, 1.54) is 6.07 Å². The largest absolute Gasteiger partial charge is 0.378 e. The van der Waals surface area contributed by atoms with E-state index < -0.39 is 0 Å². The third-order valence-electron chi connectivity index (χ3n) is 3.61. The van der Waals surface area contributed by atoms with Crippen LogP contribution >= 0.6 is 11.6 Å². The van der Waals surface area contributed by atoms with Crippen LogP contribution in [-0.2, 0) is 6.42 Å². The lowest BCUT2D eigenvalue weighted by atomic mass is 10.1. The quantitative estimate of drug-likeness (QED) is 0.885. The molecule has 1 aliphatic carbocycles. The molecule has 0 aromatic heterocycles. The van der Waals surface area contributed by atoms with Gasteiger partial charge in [-0.3, -0.25) is 0 Å². The Labute approximate surface area is 121 Å². The van der Waals surface area contributed by atoms with E-state index in [0.717, 1.165) is 29.7 Å². The highest BCUT2D eigenvalue weighted by Gasteiger charge is 2.22. The molecule has 0 amide bonds. The number of halogens is 2. The van der Waals surface area contributed by atoms with E-state index >= 15 is 0 Å². The molecule has 4 heteroatoms. The van der Waals surface area contributed by atoms with E-state index in [-0.39, 0.29) is 11.9 Å². The molecule has 2 aromatic rings. The highest BCUT2D eigenvalue weighted by Crippen LogP contribution is 2.34. The maximum atomic E-state index is 13.2. The third kappa shape index (κ3) is 2.35. The first-order valence-electron chi connectivity index (χ1n) is 6.42. The summed E-state index contributed by atoms with van der Waals surface area (Å²) in [6.07, 6.45) is 1.78. The molecule has 0 spiro atoms. The number of rotatable bonds is 2. The van der Waals surface area contributed by atoms with Crippen LogP contribution in [0.3, 0.4) is 0 Å². The second kappa shape index (κ2) is 5.15. The molecule has 0 saturated heterocycles. The second-order valence-corrected chi connectivity index (χ2v) is 5.29. The lowest BCUT2D eigenvalue weighted by molar-refractivity contribution is 0.626. The molecule has 0 heterocycles. The molecular formula is C16H12ClFN2. The van der Waals surface area contributed by atoms with Gasteiger partial charge in [-0.15, -0.1) is 0 Å². The maximum absolute atomic E-state index is 13.2. The summed E-state index contributed by atoms with van der Waals surface area (Å²) >= 11 is 5.92. The first-order chi connectivity index (χ1) is 9.67. The molecule has 0 aliphatic heterocycles. The van der Waals surface area contributed by atoms with Gasteiger partial charge >= 0.3 is 0 Å². The monoisotopic (exact) mass is 286 g/mol. The van der Waals surface area contributed by atoms with E-state index in [1.807, 2.05) is 12.1 Å². The molecule has 3 rings (SSSR count).